The molecule has 0 spiro atoms. The number of pyridine rings is 1. The van der Waals surface area contributed by atoms with Crippen molar-refractivity contribution in [3.63, 3.8) is 0 Å². The molecule has 2 N–H and O–H groups in total. The first-order chi connectivity index (χ1) is 9.47. The normalized spacial score (nSPS) is 10.1. The van der Waals surface area contributed by atoms with E-state index in [4.69, 9.17) is 5.11 Å². The van der Waals surface area contributed by atoms with Crippen LogP contribution in [-0.2, 0) is 0 Å². The molecule has 0 bridgehead atoms. The van der Waals surface area contributed by atoms with E-state index < -0.39 is 11.9 Å². The highest BCUT2D eigenvalue weighted by atomic mass is 79.9. The fraction of sp³-hybridized carbons (Fsp3) is 0.0714. The fourth-order valence-electron chi connectivity index (χ4n) is 1.62. The standard InChI is InChI=1S/C14H11BrN2O3/c1-8-2-5-12(16-7-8)17-13(18)11-6-9(15)3-4-10(11)14(19)20/h2-7H,1H3,(H,19,20)(H,16,17,18). The molecule has 0 aliphatic rings. The molecule has 0 fully saturated rings. The van der Waals surface area contributed by atoms with Gasteiger partial charge in [-0.25, -0.2) is 9.78 Å². The van der Waals surface area contributed by atoms with E-state index in [1.165, 1.54) is 12.1 Å². The average Bonchev–Trinajstić information content (AvgIpc) is 2.41. The lowest BCUT2D eigenvalue weighted by atomic mass is 10.1. The monoisotopic (exact) mass is 334 g/mol. The van der Waals surface area contributed by atoms with Crippen molar-refractivity contribution in [3.8, 4) is 0 Å². The second-order valence-corrected chi connectivity index (χ2v) is 5.09. The maximum atomic E-state index is 12.1. The number of hydrogen-bond donors (Lipinski definition) is 2. The highest BCUT2D eigenvalue weighted by molar-refractivity contribution is 9.10. The minimum atomic E-state index is -1.15. The van der Waals surface area contributed by atoms with Crippen LogP contribution in [0.4, 0.5) is 5.82 Å². The number of carboxylic acids is 1. The number of hydrogen-bond acceptors (Lipinski definition) is 3. The van der Waals surface area contributed by atoms with E-state index in [0.717, 1.165) is 5.56 Å². The largest absolute Gasteiger partial charge is 0.478 e. The molecule has 0 atom stereocenters. The Balaban J connectivity index is 2.31. The number of carbonyl (C=O) groups excluding carboxylic acids is 1. The van der Waals surface area contributed by atoms with Crippen molar-refractivity contribution in [2.75, 3.05) is 5.32 Å². The summed E-state index contributed by atoms with van der Waals surface area (Å²) in [6.45, 7) is 1.88. The molecular formula is C14H11BrN2O3. The third kappa shape index (κ3) is 3.21. The van der Waals surface area contributed by atoms with E-state index in [-0.39, 0.29) is 11.1 Å². The van der Waals surface area contributed by atoms with Crippen molar-refractivity contribution in [2.24, 2.45) is 0 Å². The molecule has 1 aromatic heterocycles. The summed E-state index contributed by atoms with van der Waals surface area (Å²) in [7, 11) is 0. The maximum Gasteiger partial charge on any atom is 0.336 e. The lowest BCUT2D eigenvalue weighted by molar-refractivity contribution is 0.0692. The molecule has 2 aromatic rings. The van der Waals surface area contributed by atoms with E-state index in [1.54, 1.807) is 18.3 Å². The molecule has 0 aliphatic carbocycles. The van der Waals surface area contributed by atoms with Gasteiger partial charge in [0.05, 0.1) is 11.1 Å². The number of amides is 1. The van der Waals surface area contributed by atoms with Gasteiger partial charge in [-0.1, -0.05) is 22.0 Å². The van der Waals surface area contributed by atoms with Crippen molar-refractivity contribution in [1.29, 1.82) is 0 Å². The van der Waals surface area contributed by atoms with Crippen molar-refractivity contribution in [2.45, 2.75) is 6.92 Å². The lowest BCUT2D eigenvalue weighted by Crippen LogP contribution is -2.17. The molecule has 0 unspecified atom stereocenters. The Morgan fingerprint density at radius 3 is 2.55 bits per heavy atom. The van der Waals surface area contributed by atoms with Gasteiger partial charge in [0, 0.05) is 10.7 Å². The van der Waals surface area contributed by atoms with Gasteiger partial charge in [-0.2, -0.15) is 0 Å². The Morgan fingerprint density at radius 2 is 1.95 bits per heavy atom. The molecule has 0 saturated carbocycles. The van der Waals surface area contributed by atoms with Crippen molar-refractivity contribution in [3.05, 3.63) is 57.7 Å². The first-order valence-electron chi connectivity index (χ1n) is 5.74. The van der Waals surface area contributed by atoms with Crippen LogP contribution in [0.15, 0.2) is 41.0 Å². The number of aromatic carboxylic acids is 1. The van der Waals surface area contributed by atoms with Crippen molar-refractivity contribution < 1.29 is 14.7 Å². The molecule has 1 heterocycles. The number of rotatable bonds is 3. The first-order valence-corrected chi connectivity index (χ1v) is 6.53. The Kier molecular flexibility index (Phi) is 4.14. The molecule has 2 rings (SSSR count). The molecule has 20 heavy (non-hydrogen) atoms. The van der Waals surface area contributed by atoms with Crippen LogP contribution in [0.5, 0.6) is 0 Å². The molecule has 0 aliphatic heterocycles. The van der Waals surface area contributed by atoms with Crippen molar-refractivity contribution in [1.82, 2.24) is 4.98 Å². The molecule has 5 nitrogen and oxygen atoms in total. The van der Waals surface area contributed by atoms with E-state index >= 15 is 0 Å². The molecular weight excluding hydrogens is 324 g/mol. The van der Waals surface area contributed by atoms with Crippen LogP contribution in [0.2, 0.25) is 0 Å². The van der Waals surface area contributed by atoms with Crippen LogP contribution in [-0.4, -0.2) is 22.0 Å². The zero-order valence-corrected chi connectivity index (χ0v) is 12.1. The fourth-order valence-corrected chi connectivity index (χ4v) is 1.98. The number of aromatic nitrogens is 1. The number of anilines is 1. The van der Waals surface area contributed by atoms with Crippen LogP contribution < -0.4 is 5.32 Å². The van der Waals surface area contributed by atoms with E-state index in [2.05, 4.69) is 26.2 Å². The Bertz CT molecular complexity index is 669. The van der Waals surface area contributed by atoms with Gasteiger partial charge in [-0.05, 0) is 36.8 Å². The number of carboxylic acid groups (broad SMARTS) is 1. The molecule has 6 heteroatoms. The minimum absolute atomic E-state index is 0.0576. The Labute approximate surface area is 123 Å². The van der Waals surface area contributed by atoms with Gasteiger partial charge < -0.3 is 10.4 Å². The van der Waals surface area contributed by atoms with Gasteiger partial charge in [0.25, 0.3) is 5.91 Å². The van der Waals surface area contributed by atoms with E-state index in [0.29, 0.717) is 10.3 Å². The predicted molar refractivity (Wildman–Crippen MR) is 78.0 cm³/mol. The topological polar surface area (TPSA) is 79.3 Å². The third-order valence-electron chi connectivity index (χ3n) is 2.61. The number of aryl methyl sites for hydroxylation is 1. The Morgan fingerprint density at radius 1 is 1.20 bits per heavy atom. The summed E-state index contributed by atoms with van der Waals surface area (Å²) in [5.41, 5.74) is 0.990. The molecule has 1 aromatic carbocycles. The highest BCUT2D eigenvalue weighted by Gasteiger charge is 2.17. The van der Waals surface area contributed by atoms with E-state index in [1.807, 2.05) is 13.0 Å². The van der Waals surface area contributed by atoms with Crippen LogP contribution in [0.25, 0.3) is 0 Å². The van der Waals surface area contributed by atoms with Gasteiger partial charge in [0.2, 0.25) is 0 Å². The van der Waals surface area contributed by atoms with Gasteiger partial charge in [0.15, 0.2) is 0 Å². The van der Waals surface area contributed by atoms with Crippen LogP contribution in [0.3, 0.4) is 0 Å². The average molecular weight is 335 g/mol. The third-order valence-corrected chi connectivity index (χ3v) is 3.10. The predicted octanol–water partition coefficient (Wildman–Crippen LogP) is 3.10. The van der Waals surface area contributed by atoms with Crippen molar-refractivity contribution >= 4 is 33.6 Å². The van der Waals surface area contributed by atoms with Crippen LogP contribution >= 0.6 is 15.9 Å². The summed E-state index contributed by atoms with van der Waals surface area (Å²) in [6, 6.07) is 7.88. The molecule has 1 amide bonds. The molecule has 0 radical (unpaired) electrons. The zero-order valence-electron chi connectivity index (χ0n) is 10.6. The number of nitrogens with one attached hydrogen (secondary N) is 1. The SMILES string of the molecule is Cc1ccc(NC(=O)c2cc(Br)ccc2C(=O)O)nc1. The smallest absolute Gasteiger partial charge is 0.336 e. The summed E-state index contributed by atoms with van der Waals surface area (Å²) in [4.78, 5) is 27.3. The van der Waals surface area contributed by atoms with E-state index in [9.17, 15) is 9.59 Å². The zero-order chi connectivity index (χ0) is 14.7. The van der Waals surface area contributed by atoms with Gasteiger partial charge in [0.1, 0.15) is 5.82 Å². The number of carbonyl (C=O) groups is 2. The summed E-state index contributed by atoms with van der Waals surface area (Å²) >= 11 is 3.22. The van der Waals surface area contributed by atoms with Crippen LogP contribution in [0.1, 0.15) is 26.3 Å². The maximum absolute atomic E-state index is 12.1. The first kappa shape index (κ1) is 14.2. The minimum Gasteiger partial charge on any atom is -0.478 e. The molecule has 0 saturated heterocycles. The Hall–Kier alpha value is -2.21. The van der Waals surface area contributed by atoms with Crippen LogP contribution in [0, 0.1) is 6.92 Å². The number of nitrogens with zero attached hydrogens (tertiary/aromatic N) is 1. The number of benzene rings is 1. The van der Waals surface area contributed by atoms with Gasteiger partial charge in [-0.15, -0.1) is 0 Å². The summed E-state index contributed by atoms with van der Waals surface area (Å²) in [5, 5.41) is 11.7. The quantitative estimate of drug-likeness (QED) is 0.903. The molecule has 102 valence electrons. The number of halogens is 1. The van der Waals surface area contributed by atoms with Gasteiger partial charge >= 0.3 is 5.97 Å². The second kappa shape index (κ2) is 5.83. The van der Waals surface area contributed by atoms with Gasteiger partial charge in [-0.3, -0.25) is 4.79 Å². The highest BCUT2D eigenvalue weighted by Crippen LogP contribution is 2.18. The summed E-state index contributed by atoms with van der Waals surface area (Å²) in [6.07, 6.45) is 1.62. The summed E-state index contributed by atoms with van der Waals surface area (Å²) in [5.74, 6) is -1.29. The second-order valence-electron chi connectivity index (χ2n) is 4.17. The summed E-state index contributed by atoms with van der Waals surface area (Å²) < 4.78 is 0.629. The lowest BCUT2D eigenvalue weighted by Gasteiger charge is -2.08.